The Kier molecular flexibility index (Phi) is 5.01. The second-order valence-electron chi connectivity index (χ2n) is 7.17. The Balaban J connectivity index is 1.39. The van der Waals surface area contributed by atoms with Crippen molar-refractivity contribution in [3.63, 3.8) is 0 Å². The SMILES string of the molecule is CN(Cc1cccc2c1NCC2)C[C@@H]1C[C@H](F)CN1Cc1nccs1. The fourth-order valence-electron chi connectivity index (χ4n) is 4.07. The normalized spacial score (nSPS) is 23.2. The lowest BCUT2D eigenvalue weighted by Gasteiger charge is -2.28. The Hall–Kier alpha value is -1.50. The minimum absolute atomic E-state index is 0.258. The number of likely N-dealkylation sites (tertiary alicyclic amines) is 1. The van der Waals surface area contributed by atoms with E-state index < -0.39 is 6.17 Å². The molecule has 6 heteroatoms. The summed E-state index contributed by atoms with van der Waals surface area (Å²) in [5.41, 5.74) is 4.07. The number of rotatable bonds is 6. The predicted molar refractivity (Wildman–Crippen MR) is 101 cm³/mol. The highest BCUT2D eigenvalue weighted by molar-refractivity contribution is 7.09. The number of fused-ring (bicyclic) bond motifs is 1. The number of alkyl halides is 1. The quantitative estimate of drug-likeness (QED) is 0.857. The third kappa shape index (κ3) is 3.86. The van der Waals surface area contributed by atoms with Crippen molar-refractivity contribution in [3.05, 3.63) is 45.9 Å². The maximum absolute atomic E-state index is 14.0. The maximum atomic E-state index is 14.0. The van der Waals surface area contributed by atoms with Crippen LogP contribution in [-0.4, -0.2) is 53.7 Å². The van der Waals surface area contributed by atoms with Crippen LogP contribution in [0.5, 0.6) is 0 Å². The zero-order valence-corrected chi connectivity index (χ0v) is 15.4. The summed E-state index contributed by atoms with van der Waals surface area (Å²) in [6.07, 6.45) is 2.84. The largest absolute Gasteiger partial charge is 0.384 e. The third-order valence-corrected chi connectivity index (χ3v) is 5.96. The first-order valence-corrected chi connectivity index (χ1v) is 9.86. The van der Waals surface area contributed by atoms with Crippen molar-refractivity contribution in [1.82, 2.24) is 14.8 Å². The van der Waals surface area contributed by atoms with Gasteiger partial charge in [-0.05, 0) is 31.0 Å². The van der Waals surface area contributed by atoms with Crippen LogP contribution < -0.4 is 5.32 Å². The van der Waals surface area contributed by atoms with E-state index in [0.717, 1.165) is 37.6 Å². The molecule has 2 aromatic rings. The lowest BCUT2D eigenvalue weighted by Crippen LogP contribution is -2.38. The Labute approximate surface area is 152 Å². The highest BCUT2D eigenvalue weighted by Crippen LogP contribution is 2.28. The summed E-state index contributed by atoms with van der Waals surface area (Å²) in [7, 11) is 2.14. The van der Waals surface area contributed by atoms with Crippen molar-refractivity contribution >= 4 is 17.0 Å². The predicted octanol–water partition coefficient (Wildman–Crippen LogP) is 3.16. The molecule has 25 heavy (non-hydrogen) atoms. The molecule has 4 nitrogen and oxygen atoms in total. The zero-order chi connectivity index (χ0) is 17.2. The number of likely N-dealkylation sites (N-methyl/N-ethyl adjacent to an activating group) is 1. The van der Waals surface area contributed by atoms with Crippen LogP contribution in [-0.2, 0) is 19.5 Å². The molecule has 0 amide bonds. The highest BCUT2D eigenvalue weighted by Gasteiger charge is 2.33. The summed E-state index contributed by atoms with van der Waals surface area (Å²) in [6, 6.07) is 6.82. The Bertz CT molecular complexity index is 705. The van der Waals surface area contributed by atoms with Gasteiger partial charge < -0.3 is 10.2 Å². The second-order valence-corrected chi connectivity index (χ2v) is 8.15. The molecule has 1 aromatic heterocycles. The number of thiazole rings is 1. The van der Waals surface area contributed by atoms with E-state index in [1.165, 1.54) is 16.8 Å². The van der Waals surface area contributed by atoms with Gasteiger partial charge in [-0.3, -0.25) is 4.90 Å². The number of hydrogen-bond donors (Lipinski definition) is 1. The van der Waals surface area contributed by atoms with Crippen molar-refractivity contribution in [1.29, 1.82) is 0 Å². The van der Waals surface area contributed by atoms with Crippen LogP contribution in [0.15, 0.2) is 29.8 Å². The van der Waals surface area contributed by atoms with E-state index in [-0.39, 0.29) is 6.04 Å². The van der Waals surface area contributed by atoms with Crippen molar-refractivity contribution in [3.8, 4) is 0 Å². The van der Waals surface area contributed by atoms with Gasteiger partial charge in [-0.15, -0.1) is 11.3 Å². The van der Waals surface area contributed by atoms with Gasteiger partial charge in [-0.1, -0.05) is 18.2 Å². The van der Waals surface area contributed by atoms with Crippen LogP contribution in [0.3, 0.4) is 0 Å². The second kappa shape index (κ2) is 7.40. The van der Waals surface area contributed by atoms with Crippen molar-refractivity contribution in [2.24, 2.45) is 0 Å². The van der Waals surface area contributed by atoms with Crippen LogP contribution in [0.25, 0.3) is 0 Å². The summed E-state index contributed by atoms with van der Waals surface area (Å²) in [5.74, 6) is 0. The molecule has 2 aliphatic heterocycles. The molecule has 134 valence electrons. The zero-order valence-electron chi connectivity index (χ0n) is 14.6. The molecule has 3 heterocycles. The average Bonchev–Trinajstić information content (AvgIpc) is 3.30. The summed E-state index contributed by atoms with van der Waals surface area (Å²) in [4.78, 5) is 8.94. The fraction of sp³-hybridized carbons (Fsp3) is 0.526. The minimum atomic E-state index is -0.721. The highest BCUT2D eigenvalue weighted by atomic mass is 32.1. The first-order valence-electron chi connectivity index (χ1n) is 8.98. The molecular formula is C19H25FN4S. The molecule has 1 aromatic carbocycles. The van der Waals surface area contributed by atoms with Crippen LogP contribution in [0.2, 0.25) is 0 Å². The summed E-state index contributed by atoms with van der Waals surface area (Å²) >= 11 is 1.65. The Morgan fingerprint density at radius 1 is 1.44 bits per heavy atom. The number of para-hydroxylation sites is 1. The van der Waals surface area contributed by atoms with Gasteiger partial charge in [0.25, 0.3) is 0 Å². The van der Waals surface area contributed by atoms with Gasteiger partial charge in [0.1, 0.15) is 11.2 Å². The fourth-order valence-corrected chi connectivity index (χ4v) is 4.71. The molecule has 1 N–H and O–H groups in total. The Morgan fingerprint density at radius 3 is 3.20 bits per heavy atom. The lowest BCUT2D eigenvalue weighted by atomic mass is 10.1. The molecule has 0 radical (unpaired) electrons. The number of aromatic nitrogens is 1. The molecule has 0 aliphatic carbocycles. The van der Waals surface area contributed by atoms with Crippen molar-refractivity contribution < 1.29 is 4.39 Å². The molecule has 0 saturated carbocycles. The third-order valence-electron chi connectivity index (χ3n) is 5.19. The standard InChI is InChI=1S/C19H25FN4S/c1-23(10-15-4-2-3-14-5-6-22-19(14)15)12-17-9-16(20)11-24(17)13-18-21-7-8-25-18/h2-4,7-8,16-17,22H,5-6,9-13H2,1H3/t16-,17-/m0/s1. The molecular weight excluding hydrogens is 335 g/mol. The van der Waals surface area contributed by atoms with Gasteiger partial charge in [0.15, 0.2) is 0 Å². The van der Waals surface area contributed by atoms with Crippen LogP contribution >= 0.6 is 11.3 Å². The van der Waals surface area contributed by atoms with E-state index in [2.05, 4.69) is 45.3 Å². The van der Waals surface area contributed by atoms with Gasteiger partial charge in [0.05, 0.1) is 6.54 Å². The van der Waals surface area contributed by atoms with Crippen LogP contribution in [0, 0.1) is 0 Å². The Morgan fingerprint density at radius 2 is 2.36 bits per heavy atom. The molecule has 0 spiro atoms. The minimum Gasteiger partial charge on any atom is -0.384 e. The number of anilines is 1. The number of nitrogens with zero attached hydrogens (tertiary/aromatic N) is 3. The molecule has 2 aliphatic rings. The van der Waals surface area contributed by atoms with E-state index in [1.807, 2.05) is 11.6 Å². The molecule has 4 rings (SSSR count). The van der Waals surface area contributed by atoms with Crippen LogP contribution in [0.4, 0.5) is 10.1 Å². The van der Waals surface area contributed by atoms with E-state index in [9.17, 15) is 4.39 Å². The summed E-state index contributed by atoms with van der Waals surface area (Å²) in [5, 5.41) is 6.57. The lowest BCUT2D eigenvalue weighted by molar-refractivity contribution is 0.180. The molecule has 0 unspecified atom stereocenters. The summed E-state index contributed by atoms with van der Waals surface area (Å²) < 4.78 is 14.0. The summed E-state index contributed by atoms with van der Waals surface area (Å²) in [6.45, 7) is 4.10. The maximum Gasteiger partial charge on any atom is 0.114 e. The molecule has 1 fully saturated rings. The number of hydrogen-bond acceptors (Lipinski definition) is 5. The van der Waals surface area contributed by atoms with E-state index >= 15 is 0 Å². The topological polar surface area (TPSA) is 31.4 Å². The first kappa shape index (κ1) is 16.9. The van der Waals surface area contributed by atoms with Crippen molar-refractivity contribution in [2.45, 2.75) is 38.1 Å². The van der Waals surface area contributed by atoms with Crippen molar-refractivity contribution in [2.75, 3.05) is 32.0 Å². The van der Waals surface area contributed by atoms with Gasteiger partial charge in [0, 0.05) is 49.5 Å². The number of nitrogens with one attached hydrogen (secondary N) is 1. The van der Waals surface area contributed by atoms with Gasteiger partial charge >= 0.3 is 0 Å². The van der Waals surface area contributed by atoms with E-state index in [0.29, 0.717) is 13.0 Å². The van der Waals surface area contributed by atoms with E-state index in [4.69, 9.17) is 0 Å². The van der Waals surface area contributed by atoms with Gasteiger partial charge in [-0.25, -0.2) is 9.37 Å². The van der Waals surface area contributed by atoms with E-state index in [1.54, 1.807) is 11.3 Å². The molecule has 1 saturated heterocycles. The number of benzene rings is 1. The molecule has 0 bridgehead atoms. The van der Waals surface area contributed by atoms with Gasteiger partial charge in [0.2, 0.25) is 0 Å². The van der Waals surface area contributed by atoms with Gasteiger partial charge in [-0.2, -0.15) is 0 Å². The number of halogens is 1. The monoisotopic (exact) mass is 360 g/mol. The van der Waals surface area contributed by atoms with Crippen LogP contribution in [0.1, 0.15) is 22.6 Å². The smallest absolute Gasteiger partial charge is 0.114 e. The molecule has 2 atom stereocenters. The first-order chi connectivity index (χ1) is 12.2. The average molecular weight is 361 g/mol.